The quantitative estimate of drug-likeness (QED) is 0.484. The lowest BCUT2D eigenvalue weighted by Crippen LogP contribution is -2.42. The molecule has 1 aromatic rings. The van der Waals surface area contributed by atoms with E-state index in [2.05, 4.69) is 27.7 Å². The van der Waals surface area contributed by atoms with Crippen molar-refractivity contribution in [3.05, 3.63) is 35.9 Å². The van der Waals surface area contributed by atoms with E-state index >= 15 is 0 Å². The Labute approximate surface area is 124 Å². The van der Waals surface area contributed by atoms with E-state index in [-0.39, 0.29) is 12.0 Å². The smallest absolute Gasteiger partial charge is 0.192 e. The topological polar surface area (TPSA) is 26.3 Å². The van der Waals surface area contributed by atoms with Crippen molar-refractivity contribution in [2.45, 2.75) is 64.3 Å². The summed E-state index contributed by atoms with van der Waals surface area (Å²) in [6.07, 6.45) is 1.96. The maximum Gasteiger partial charge on any atom is 0.192 e. The molecule has 0 heterocycles. The third-order valence-corrected chi connectivity index (χ3v) is 9.14. The van der Waals surface area contributed by atoms with Gasteiger partial charge in [-0.3, -0.25) is 0 Å². The molecule has 0 bridgehead atoms. The Morgan fingerprint density at radius 3 is 2.00 bits per heavy atom. The van der Waals surface area contributed by atoms with Crippen molar-refractivity contribution in [1.82, 2.24) is 0 Å². The van der Waals surface area contributed by atoms with Crippen LogP contribution in [0.25, 0.3) is 0 Å². The van der Waals surface area contributed by atoms with E-state index in [1.807, 2.05) is 30.3 Å². The zero-order chi connectivity index (χ0) is 15.0. The predicted octanol–water partition coefficient (Wildman–Crippen LogP) is 4.77. The van der Waals surface area contributed by atoms with Gasteiger partial charge in [0.1, 0.15) is 6.29 Å². The minimum atomic E-state index is -1.67. The van der Waals surface area contributed by atoms with Gasteiger partial charge in [-0.05, 0) is 30.1 Å². The summed E-state index contributed by atoms with van der Waals surface area (Å²) >= 11 is 0. The molecule has 0 aliphatic rings. The van der Waals surface area contributed by atoms with E-state index in [4.69, 9.17) is 4.43 Å². The summed E-state index contributed by atoms with van der Waals surface area (Å²) in [5, 5.41) is 0. The Morgan fingerprint density at radius 1 is 1.05 bits per heavy atom. The molecular weight excluding hydrogens is 264 g/mol. The molecule has 3 heteroatoms. The number of aldehydes is 1. The zero-order valence-electron chi connectivity index (χ0n) is 13.3. The van der Waals surface area contributed by atoms with Crippen LogP contribution in [-0.2, 0) is 9.22 Å². The van der Waals surface area contributed by atoms with Crippen LogP contribution in [0, 0.1) is 0 Å². The Bertz CT molecular complexity index is 379. The summed E-state index contributed by atoms with van der Waals surface area (Å²) in [6.45, 7) is 8.80. The molecule has 0 radical (unpaired) electrons. The Balaban J connectivity index is 2.96. The number of rotatable bonds is 9. The van der Waals surface area contributed by atoms with Gasteiger partial charge in [-0.2, -0.15) is 0 Å². The first kappa shape index (κ1) is 17.1. The standard InChI is InChI=1S/C17H28O2Si/c1-5-17(19-20(6-2,7-3)8-4)16(14-18)15-12-10-9-11-13-15/h9-14,16-17H,5-8H2,1-4H3. The first-order chi connectivity index (χ1) is 9.66. The summed E-state index contributed by atoms with van der Waals surface area (Å²) in [7, 11) is -1.67. The molecule has 0 spiro atoms. The molecule has 0 fully saturated rings. The Morgan fingerprint density at radius 2 is 1.60 bits per heavy atom. The summed E-state index contributed by atoms with van der Waals surface area (Å²) in [5.41, 5.74) is 1.07. The van der Waals surface area contributed by atoms with Crippen LogP contribution in [0.4, 0.5) is 0 Å². The molecule has 2 atom stereocenters. The lowest BCUT2D eigenvalue weighted by atomic mass is 9.93. The van der Waals surface area contributed by atoms with Crippen LogP contribution in [-0.4, -0.2) is 20.7 Å². The van der Waals surface area contributed by atoms with Crippen molar-refractivity contribution in [3.63, 3.8) is 0 Å². The minimum absolute atomic E-state index is 0.0152. The highest BCUT2D eigenvalue weighted by atomic mass is 28.4. The number of hydrogen-bond donors (Lipinski definition) is 0. The molecule has 20 heavy (non-hydrogen) atoms. The maximum atomic E-state index is 11.6. The molecule has 0 aliphatic carbocycles. The number of carbonyl (C=O) groups is 1. The van der Waals surface area contributed by atoms with Gasteiger partial charge in [0.2, 0.25) is 0 Å². The van der Waals surface area contributed by atoms with Gasteiger partial charge < -0.3 is 9.22 Å². The van der Waals surface area contributed by atoms with Crippen molar-refractivity contribution < 1.29 is 9.22 Å². The lowest BCUT2D eigenvalue weighted by Gasteiger charge is -2.35. The normalized spacial score (nSPS) is 14.8. The average Bonchev–Trinajstić information content (AvgIpc) is 2.53. The van der Waals surface area contributed by atoms with Gasteiger partial charge in [-0.25, -0.2) is 0 Å². The highest BCUT2D eigenvalue weighted by Crippen LogP contribution is 2.30. The third-order valence-electron chi connectivity index (χ3n) is 4.47. The predicted molar refractivity (Wildman–Crippen MR) is 87.6 cm³/mol. The largest absolute Gasteiger partial charge is 0.413 e. The van der Waals surface area contributed by atoms with Crippen molar-refractivity contribution in [2.75, 3.05) is 0 Å². The minimum Gasteiger partial charge on any atom is -0.413 e. The highest BCUT2D eigenvalue weighted by molar-refractivity contribution is 6.73. The molecule has 2 nitrogen and oxygen atoms in total. The van der Waals surface area contributed by atoms with Crippen LogP contribution in [0.5, 0.6) is 0 Å². The van der Waals surface area contributed by atoms with Crippen molar-refractivity contribution in [2.24, 2.45) is 0 Å². The summed E-state index contributed by atoms with van der Waals surface area (Å²) in [5.74, 6) is -0.141. The second-order valence-electron chi connectivity index (χ2n) is 5.38. The first-order valence-corrected chi connectivity index (χ1v) is 10.4. The molecule has 1 rings (SSSR count). The van der Waals surface area contributed by atoms with Gasteiger partial charge in [0.15, 0.2) is 8.32 Å². The monoisotopic (exact) mass is 292 g/mol. The fourth-order valence-electron chi connectivity index (χ4n) is 2.79. The molecule has 0 saturated heterocycles. The number of carbonyl (C=O) groups excluding carboxylic acids is 1. The van der Waals surface area contributed by atoms with Gasteiger partial charge in [0.05, 0.1) is 12.0 Å². The van der Waals surface area contributed by atoms with Crippen LogP contribution in [0.3, 0.4) is 0 Å². The van der Waals surface area contributed by atoms with E-state index in [0.717, 1.165) is 36.4 Å². The highest BCUT2D eigenvalue weighted by Gasteiger charge is 2.34. The molecule has 1 aromatic carbocycles. The zero-order valence-corrected chi connectivity index (χ0v) is 14.3. The van der Waals surface area contributed by atoms with E-state index in [9.17, 15) is 4.79 Å². The van der Waals surface area contributed by atoms with Gasteiger partial charge in [-0.1, -0.05) is 58.0 Å². The van der Waals surface area contributed by atoms with Crippen LogP contribution < -0.4 is 0 Å². The molecule has 0 amide bonds. The van der Waals surface area contributed by atoms with Gasteiger partial charge in [-0.15, -0.1) is 0 Å². The van der Waals surface area contributed by atoms with E-state index in [1.54, 1.807) is 0 Å². The van der Waals surface area contributed by atoms with Crippen LogP contribution in [0.15, 0.2) is 30.3 Å². The number of benzene rings is 1. The molecule has 0 N–H and O–H groups in total. The molecule has 112 valence electrons. The summed E-state index contributed by atoms with van der Waals surface area (Å²) in [6, 6.07) is 13.4. The molecule has 0 saturated carbocycles. The summed E-state index contributed by atoms with van der Waals surface area (Å²) < 4.78 is 6.55. The SMILES string of the molecule is CCC(O[Si](CC)(CC)CC)C(C=O)c1ccccc1. The second-order valence-corrected chi connectivity index (χ2v) is 10.1. The molecule has 0 aromatic heterocycles. The van der Waals surface area contributed by atoms with E-state index < -0.39 is 8.32 Å². The first-order valence-electron chi connectivity index (χ1n) is 7.84. The lowest BCUT2D eigenvalue weighted by molar-refractivity contribution is -0.111. The van der Waals surface area contributed by atoms with Gasteiger partial charge in [0.25, 0.3) is 0 Å². The van der Waals surface area contributed by atoms with Crippen molar-refractivity contribution in [3.8, 4) is 0 Å². The Hall–Kier alpha value is -0.933. The Kier molecular flexibility index (Phi) is 7.17. The molecule has 0 aliphatic heterocycles. The fraction of sp³-hybridized carbons (Fsp3) is 0.588. The number of hydrogen-bond acceptors (Lipinski definition) is 2. The van der Waals surface area contributed by atoms with Crippen molar-refractivity contribution >= 4 is 14.6 Å². The fourth-order valence-corrected chi connectivity index (χ4v) is 5.74. The van der Waals surface area contributed by atoms with Crippen LogP contribution in [0.1, 0.15) is 45.6 Å². The third kappa shape index (κ3) is 4.03. The summed E-state index contributed by atoms with van der Waals surface area (Å²) in [4.78, 5) is 11.6. The molecular formula is C17H28O2Si. The average molecular weight is 292 g/mol. The maximum absolute atomic E-state index is 11.6. The van der Waals surface area contributed by atoms with E-state index in [0.29, 0.717) is 0 Å². The van der Waals surface area contributed by atoms with Crippen molar-refractivity contribution in [1.29, 1.82) is 0 Å². The van der Waals surface area contributed by atoms with Crippen LogP contribution in [0.2, 0.25) is 18.1 Å². The second kappa shape index (κ2) is 8.38. The molecule has 2 unspecified atom stereocenters. The van der Waals surface area contributed by atoms with Gasteiger partial charge >= 0.3 is 0 Å². The van der Waals surface area contributed by atoms with Gasteiger partial charge in [0, 0.05) is 0 Å². The van der Waals surface area contributed by atoms with E-state index in [1.165, 1.54) is 0 Å². The van der Waals surface area contributed by atoms with Crippen LogP contribution >= 0.6 is 0 Å².